The zero-order chi connectivity index (χ0) is 16.8. The third-order valence-corrected chi connectivity index (χ3v) is 3.71. The number of methoxy groups -OCH3 is 2. The lowest BCUT2D eigenvalue weighted by molar-refractivity contribution is -0.114. The summed E-state index contributed by atoms with van der Waals surface area (Å²) in [6, 6.07) is 10.8. The van der Waals surface area contributed by atoms with E-state index in [1.807, 2.05) is 19.1 Å². The molecular formula is C17H19ClN2O3. The summed E-state index contributed by atoms with van der Waals surface area (Å²) in [6.45, 7) is 2.04. The number of amides is 1. The monoisotopic (exact) mass is 334 g/mol. The number of hydrogen-bond donors (Lipinski definition) is 2. The van der Waals surface area contributed by atoms with Crippen molar-refractivity contribution < 1.29 is 14.3 Å². The third kappa shape index (κ3) is 4.53. The van der Waals surface area contributed by atoms with E-state index >= 15 is 0 Å². The maximum Gasteiger partial charge on any atom is 0.243 e. The fraction of sp³-hybridized carbons (Fsp3) is 0.235. The molecule has 1 amide bonds. The van der Waals surface area contributed by atoms with Gasteiger partial charge < -0.3 is 20.1 Å². The maximum atomic E-state index is 12.1. The number of carbonyl (C=O) groups excluding carboxylic acids is 1. The number of rotatable bonds is 6. The Morgan fingerprint density at radius 1 is 1.13 bits per heavy atom. The minimum absolute atomic E-state index is 0.111. The Morgan fingerprint density at radius 2 is 1.91 bits per heavy atom. The van der Waals surface area contributed by atoms with Gasteiger partial charge in [0.15, 0.2) is 0 Å². The molecule has 0 saturated carbocycles. The van der Waals surface area contributed by atoms with Crippen molar-refractivity contribution in [1.82, 2.24) is 0 Å². The van der Waals surface area contributed by atoms with E-state index in [-0.39, 0.29) is 12.5 Å². The van der Waals surface area contributed by atoms with Crippen LogP contribution in [0.1, 0.15) is 5.56 Å². The minimum atomic E-state index is -0.201. The van der Waals surface area contributed by atoms with Gasteiger partial charge >= 0.3 is 0 Å². The zero-order valence-electron chi connectivity index (χ0n) is 13.3. The Balaban J connectivity index is 2.00. The van der Waals surface area contributed by atoms with Crippen LogP contribution in [-0.4, -0.2) is 26.7 Å². The van der Waals surface area contributed by atoms with E-state index in [1.54, 1.807) is 38.5 Å². The summed E-state index contributed by atoms with van der Waals surface area (Å²) in [5, 5.41) is 6.48. The van der Waals surface area contributed by atoms with Gasteiger partial charge in [0.2, 0.25) is 5.91 Å². The third-order valence-electron chi connectivity index (χ3n) is 3.31. The minimum Gasteiger partial charge on any atom is -0.497 e. The summed E-state index contributed by atoms with van der Waals surface area (Å²) < 4.78 is 10.4. The molecule has 0 aliphatic heterocycles. The molecule has 0 radical (unpaired) electrons. The highest BCUT2D eigenvalue weighted by atomic mass is 35.5. The van der Waals surface area contributed by atoms with E-state index in [0.29, 0.717) is 22.2 Å². The molecule has 5 nitrogen and oxygen atoms in total. The molecule has 0 spiro atoms. The molecular weight excluding hydrogens is 316 g/mol. The zero-order valence-corrected chi connectivity index (χ0v) is 14.0. The number of ether oxygens (including phenoxy) is 2. The van der Waals surface area contributed by atoms with Crippen LogP contribution in [0.2, 0.25) is 5.02 Å². The second-order valence-corrected chi connectivity index (χ2v) is 5.34. The van der Waals surface area contributed by atoms with Gasteiger partial charge in [0, 0.05) is 16.8 Å². The number of carbonyl (C=O) groups is 1. The molecule has 2 rings (SSSR count). The van der Waals surface area contributed by atoms with Crippen LogP contribution in [0.5, 0.6) is 11.5 Å². The number of hydrogen-bond acceptors (Lipinski definition) is 4. The molecule has 23 heavy (non-hydrogen) atoms. The molecule has 2 aromatic rings. The SMILES string of the molecule is COc1ccc(OC)c(NC(=O)CNc2ccc(C)c(Cl)c2)c1. The lowest BCUT2D eigenvalue weighted by Gasteiger charge is -2.12. The molecule has 0 saturated heterocycles. The fourth-order valence-electron chi connectivity index (χ4n) is 1.99. The first-order chi connectivity index (χ1) is 11.0. The van der Waals surface area contributed by atoms with Gasteiger partial charge in [-0.05, 0) is 36.8 Å². The number of nitrogens with one attached hydrogen (secondary N) is 2. The lowest BCUT2D eigenvalue weighted by Crippen LogP contribution is -2.22. The Labute approximate surface area is 140 Å². The second kappa shape index (κ2) is 7.74. The van der Waals surface area contributed by atoms with E-state index in [1.165, 1.54) is 0 Å². The Bertz CT molecular complexity index is 704. The van der Waals surface area contributed by atoms with Crippen molar-refractivity contribution in [3.05, 3.63) is 47.0 Å². The van der Waals surface area contributed by atoms with E-state index in [2.05, 4.69) is 10.6 Å². The summed E-state index contributed by atoms with van der Waals surface area (Å²) in [5.41, 5.74) is 2.33. The van der Waals surface area contributed by atoms with Crippen LogP contribution in [0.15, 0.2) is 36.4 Å². The van der Waals surface area contributed by atoms with Gasteiger partial charge in [-0.15, -0.1) is 0 Å². The predicted molar refractivity (Wildman–Crippen MR) is 92.9 cm³/mol. The molecule has 122 valence electrons. The van der Waals surface area contributed by atoms with Crippen LogP contribution in [0.25, 0.3) is 0 Å². The van der Waals surface area contributed by atoms with E-state index < -0.39 is 0 Å². The number of benzene rings is 2. The maximum absolute atomic E-state index is 12.1. The van der Waals surface area contributed by atoms with Gasteiger partial charge in [0.1, 0.15) is 11.5 Å². The van der Waals surface area contributed by atoms with Crippen LogP contribution in [0, 0.1) is 6.92 Å². The van der Waals surface area contributed by atoms with E-state index in [9.17, 15) is 4.79 Å². The summed E-state index contributed by atoms with van der Waals surface area (Å²) in [4.78, 5) is 12.1. The van der Waals surface area contributed by atoms with Crippen LogP contribution in [-0.2, 0) is 4.79 Å². The summed E-state index contributed by atoms with van der Waals surface area (Å²) in [7, 11) is 3.11. The van der Waals surface area contributed by atoms with Gasteiger partial charge in [0.05, 0.1) is 26.5 Å². The van der Waals surface area contributed by atoms with Crippen molar-refractivity contribution in [2.45, 2.75) is 6.92 Å². The van der Waals surface area contributed by atoms with Gasteiger partial charge in [-0.1, -0.05) is 17.7 Å². The van der Waals surface area contributed by atoms with Gasteiger partial charge in [-0.3, -0.25) is 4.79 Å². The first kappa shape index (κ1) is 17.0. The number of anilines is 2. The first-order valence-corrected chi connectivity index (χ1v) is 7.43. The smallest absolute Gasteiger partial charge is 0.243 e. The standard InChI is InChI=1S/C17H19ClN2O3/c1-11-4-5-12(8-14(11)18)19-10-17(21)20-15-9-13(22-2)6-7-16(15)23-3/h4-9,19H,10H2,1-3H3,(H,20,21). The van der Waals surface area contributed by atoms with Crippen molar-refractivity contribution in [1.29, 1.82) is 0 Å². The quantitative estimate of drug-likeness (QED) is 0.845. The average Bonchev–Trinajstić information content (AvgIpc) is 2.55. The van der Waals surface area contributed by atoms with Crippen molar-refractivity contribution in [2.24, 2.45) is 0 Å². The van der Waals surface area contributed by atoms with Crippen LogP contribution >= 0.6 is 11.6 Å². The highest BCUT2D eigenvalue weighted by Crippen LogP contribution is 2.28. The van der Waals surface area contributed by atoms with Crippen molar-refractivity contribution in [3.8, 4) is 11.5 Å². The molecule has 0 bridgehead atoms. The van der Waals surface area contributed by atoms with Gasteiger partial charge in [-0.2, -0.15) is 0 Å². The normalized spacial score (nSPS) is 10.1. The van der Waals surface area contributed by atoms with Crippen LogP contribution in [0.4, 0.5) is 11.4 Å². The van der Waals surface area contributed by atoms with Crippen molar-refractivity contribution >= 4 is 28.9 Å². The Hall–Kier alpha value is -2.40. The van der Waals surface area contributed by atoms with Crippen molar-refractivity contribution in [3.63, 3.8) is 0 Å². The highest BCUT2D eigenvalue weighted by molar-refractivity contribution is 6.31. The molecule has 0 aliphatic carbocycles. The number of halogens is 1. The lowest BCUT2D eigenvalue weighted by atomic mass is 10.2. The molecule has 6 heteroatoms. The average molecular weight is 335 g/mol. The summed E-state index contributed by atoms with van der Waals surface area (Å²) in [5.74, 6) is 1.00. The molecule has 2 N–H and O–H groups in total. The Morgan fingerprint density at radius 3 is 2.57 bits per heavy atom. The van der Waals surface area contributed by atoms with Gasteiger partial charge in [-0.25, -0.2) is 0 Å². The highest BCUT2D eigenvalue weighted by Gasteiger charge is 2.09. The molecule has 0 heterocycles. The van der Waals surface area contributed by atoms with Crippen molar-refractivity contribution in [2.75, 3.05) is 31.4 Å². The molecule has 0 aliphatic rings. The molecule has 0 atom stereocenters. The number of aryl methyl sites for hydroxylation is 1. The first-order valence-electron chi connectivity index (χ1n) is 7.05. The second-order valence-electron chi connectivity index (χ2n) is 4.93. The van der Waals surface area contributed by atoms with E-state index in [4.69, 9.17) is 21.1 Å². The van der Waals surface area contributed by atoms with Crippen LogP contribution in [0.3, 0.4) is 0 Å². The van der Waals surface area contributed by atoms with Gasteiger partial charge in [0.25, 0.3) is 0 Å². The topological polar surface area (TPSA) is 59.6 Å². The van der Waals surface area contributed by atoms with E-state index in [0.717, 1.165) is 11.3 Å². The summed E-state index contributed by atoms with van der Waals surface area (Å²) in [6.07, 6.45) is 0. The largest absolute Gasteiger partial charge is 0.497 e. The molecule has 0 unspecified atom stereocenters. The molecule has 2 aromatic carbocycles. The summed E-state index contributed by atoms with van der Waals surface area (Å²) >= 11 is 6.06. The predicted octanol–water partition coefficient (Wildman–Crippen LogP) is 3.72. The molecule has 0 aromatic heterocycles. The van der Waals surface area contributed by atoms with Crippen LogP contribution < -0.4 is 20.1 Å². The Kier molecular flexibility index (Phi) is 5.71. The fourth-order valence-corrected chi connectivity index (χ4v) is 2.17. The molecule has 0 fully saturated rings.